The van der Waals surface area contributed by atoms with E-state index in [1.807, 2.05) is 6.20 Å². The van der Waals surface area contributed by atoms with Gasteiger partial charge in [0.2, 0.25) is 0 Å². The summed E-state index contributed by atoms with van der Waals surface area (Å²) >= 11 is 0. The fraction of sp³-hybridized carbons (Fsp3) is 0.688. The molecule has 0 bridgehead atoms. The molecule has 1 heterocycles. The van der Waals surface area contributed by atoms with Crippen LogP contribution in [-0.2, 0) is 0 Å². The molecule has 0 atom stereocenters. The van der Waals surface area contributed by atoms with Gasteiger partial charge in [0.15, 0.2) is 0 Å². The normalized spacial score (nSPS) is 11.2. The van der Waals surface area contributed by atoms with Gasteiger partial charge in [-0.15, -0.1) is 0 Å². The summed E-state index contributed by atoms with van der Waals surface area (Å²) in [6, 6.07) is 4.28. The average molecular weight is 248 g/mol. The summed E-state index contributed by atoms with van der Waals surface area (Å²) < 4.78 is 0. The van der Waals surface area contributed by atoms with E-state index in [4.69, 9.17) is 0 Å². The van der Waals surface area contributed by atoms with Gasteiger partial charge in [-0.3, -0.25) is 0 Å². The molecule has 0 unspecified atom stereocenters. The number of hydrogen-bond donors (Lipinski definition) is 1. The number of rotatable bonds is 8. The number of anilines is 1. The Morgan fingerprint density at radius 3 is 2.39 bits per heavy atom. The predicted octanol–water partition coefficient (Wildman–Crippen LogP) is 4.83. The van der Waals surface area contributed by atoms with Gasteiger partial charge in [-0.1, -0.05) is 40.5 Å². The van der Waals surface area contributed by atoms with E-state index in [1.54, 1.807) is 0 Å². The Morgan fingerprint density at radius 2 is 1.83 bits per heavy atom. The van der Waals surface area contributed by atoms with Crippen LogP contribution < -0.4 is 5.32 Å². The van der Waals surface area contributed by atoms with Crippen molar-refractivity contribution in [2.24, 2.45) is 5.92 Å². The molecule has 0 saturated carbocycles. The van der Waals surface area contributed by atoms with Crippen molar-refractivity contribution in [3.05, 3.63) is 23.9 Å². The van der Waals surface area contributed by atoms with E-state index in [-0.39, 0.29) is 0 Å². The van der Waals surface area contributed by atoms with E-state index in [0.717, 1.165) is 18.3 Å². The minimum absolute atomic E-state index is 0.565. The van der Waals surface area contributed by atoms with E-state index in [1.165, 1.54) is 31.2 Å². The summed E-state index contributed by atoms with van der Waals surface area (Å²) in [7, 11) is 0. The maximum absolute atomic E-state index is 4.40. The van der Waals surface area contributed by atoms with E-state index in [2.05, 4.69) is 50.1 Å². The number of nitrogens with one attached hydrogen (secondary N) is 1. The molecule has 0 amide bonds. The Morgan fingerprint density at radius 1 is 1.17 bits per heavy atom. The van der Waals surface area contributed by atoms with Crippen LogP contribution in [0.2, 0.25) is 0 Å². The van der Waals surface area contributed by atoms with Gasteiger partial charge in [0, 0.05) is 12.7 Å². The molecule has 0 fully saturated rings. The van der Waals surface area contributed by atoms with Crippen LogP contribution in [0, 0.1) is 5.92 Å². The number of nitrogens with zero attached hydrogens (tertiary/aromatic N) is 1. The minimum Gasteiger partial charge on any atom is -0.370 e. The fourth-order valence-corrected chi connectivity index (χ4v) is 2.32. The molecule has 0 radical (unpaired) electrons. The first-order valence-electron chi connectivity index (χ1n) is 7.37. The first-order valence-corrected chi connectivity index (χ1v) is 7.37. The summed E-state index contributed by atoms with van der Waals surface area (Å²) in [5.74, 6) is 2.37. The highest BCUT2D eigenvalue weighted by molar-refractivity contribution is 5.38. The van der Waals surface area contributed by atoms with Gasteiger partial charge in [0.1, 0.15) is 5.82 Å². The molecule has 0 spiro atoms. The fourth-order valence-electron chi connectivity index (χ4n) is 2.32. The maximum Gasteiger partial charge on any atom is 0.126 e. The Bertz CT molecular complexity index is 328. The molecule has 0 saturated heterocycles. The Hall–Kier alpha value is -1.05. The van der Waals surface area contributed by atoms with Crippen molar-refractivity contribution in [3.8, 4) is 0 Å². The first kappa shape index (κ1) is 15.0. The second-order valence-electron chi connectivity index (χ2n) is 5.45. The molecule has 1 aromatic heterocycles. The number of aromatic nitrogens is 1. The molecule has 0 aliphatic carbocycles. The third-order valence-electron chi connectivity index (χ3n) is 3.42. The van der Waals surface area contributed by atoms with Crippen molar-refractivity contribution in [1.82, 2.24) is 4.98 Å². The van der Waals surface area contributed by atoms with Gasteiger partial charge in [-0.05, 0) is 42.4 Å². The summed E-state index contributed by atoms with van der Waals surface area (Å²) in [4.78, 5) is 4.40. The van der Waals surface area contributed by atoms with E-state index in [9.17, 15) is 0 Å². The van der Waals surface area contributed by atoms with Gasteiger partial charge in [0.05, 0.1) is 0 Å². The lowest BCUT2D eigenvalue weighted by Crippen LogP contribution is -2.15. The summed E-state index contributed by atoms with van der Waals surface area (Å²) in [5, 5.41) is 3.50. The molecule has 0 aromatic carbocycles. The van der Waals surface area contributed by atoms with Crippen molar-refractivity contribution >= 4 is 5.82 Å². The van der Waals surface area contributed by atoms with Crippen LogP contribution in [0.4, 0.5) is 5.82 Å². The molecular formula is C16H28N2. The van der Waals surface area contributed by atoms with Gasteiger partial charge in [0.25, 0.3) is 0 Å². The van der Waals surface area contributed by atoms with Crippen LogP contribution in [-0.4, -0.2) is 11.5 Å². The molecule has 1 aromatic rings. The largest absolute Gasteiger partial charge is 0.370 e. The molecule has 0 aliphatic heterocycles. The molecule has 0 aliphatic rings. The first-order chi connectivity index (χ1) is 8.67. The summed E-state index contributed by atoms with van der Waals surface area (Å²) in [6.45, 7) is 10.0. The van der Waals surface area contributed by atoms with Crippen molar-refractivity contribution in [3.63, 3.8) is 0 Å². The number of pyridine rings is 1. The molecule has 2 heteroatoms. The van der Waals surface area contributed by atoms with Crippen LogP contribution in [0.5, 0.6) is 0 Å². The number of hydrogen-bond acceptors (Lipinski definition) is 2. The molecule has 1 N–H and O–H groups in total. The average Bonchev–Trinajstić information content (AvgIpc) is 2.37. The second-order valence-corrected chi connectivity index (χ2v) is 5.45. The Labute approximate surface area is 112 Å². The van der Waals surface area contributed by atoms with Crippen LogP contribution >= 0.6 is 0 Å². The second kappa shape index (κ2) is 8.12. The zero-order valence-electron chi connectivity index (χ0n) is 12.4. The quantitative estimate of drug-likeness (QED) is 0.712. The van der Waals surface area contributed by atoms with Crippen molar-refractivity contribution in [2.45, 2.75) is 59.3 Å². The topological polar surface area (TPSA) is 24.9 Å². The molecule has 102 valence electrons. The molecule has 1 rings (SSSR count). The van der Waals surface area contributed by atoms with Crippen molar-refractivity contribution in [2.75, 3.05) is 11.9 Å². The molecule has 18 heavy (non-hydrogen) atoms. The zero-order chi connectivity index (χ0) is 13.4. The lowest BCUT2D eigenvalue weighted by molar-refractivity contribution is 0.461. The van der Waals surface area contributed by atoms with E-state index in [0.29, 0.717) is 5.92 Å². The van der Waals surface area contributed by atoms with Gasteiger partial charge in [-0.25, -0.2) is 4.98 Å². The SMILES string of the molecule is CCCC(CCC)CNc1cc(C(C)C)ccn1. The van der Waals surface area contributed by atoms with E-state index >= 15 is 0 Å². The van der Waals surface area contributed by atoms with Crippen LogP contribution in [0.3, 0.4) is 0 Å². The minimum atomic E-state index is 0.565. The summed E-state index contributed by atoms with van der Waals surface area (Å²) in [6.07, 6.45) is 7.07. The smallest absolute Gasteiger partial charge is 0.126 e. The lowest BCUT2D eigenvalue weighted by atomic mass is 9.98. The van der Waals surface area contributed by atoms with Gasteiger partial charge in [-0.2, -0.15) is 0 Å². The third-order valence-corrected chi connectivity index (χ3v) is 3.42. The van der Waals surface area contributed by atoms with Crippen LogP contribution in [0.25, 0.3) is 0 Å². The van der Waals surface area contributed by atoms with Gasteiger partial charge >= 0.3 is 0 Å². The van der Waals surface area contributed by atoms with E-state index < -0.39 is 0 Å². The Balaban J connectivity index is 2.53. The Kier molecular flexibility index (Phi) is 6.77. The van der Waals surface area contributed by atoms with Gasteiger partial charge < -0.3 is 5.32 Å². The van der Waals surface area contributed by atoms with Crippen LogP contribution in [0.1, 0.15) is 64.9 Å². The standard InChI is InChI=1S/C16H28N2/c1-5-7-14(8-6-2)12-18-16-11-15(13(3)4)9-10-17-16/h9-11,13-14H,5-8,12H2,1-4H3,(H,17,18). The highest BCUT2D eigenvalue weighted by Crippen LogP contribution is 2.18. The zero-order valence-corrected chi connectivity index (χ0v) is 12.4. The highest BCUT2D eigenvalue weighted by Gasteiger charge is 2.07. The predicted molar refractivity (Wildman–Crippen MR) is 80.1 cm³/mol. The molecular weight excluding hydrogens is 220 g/mol. The monoisotopic (exact) mass is 248 g/mol. The lowest BCUT2D eigenvalue weighted by Gasteiger charge is -2.17. The maximum atomic E-state index is 4.40. The van der Waals surface area contributed by atoms with Crippen molar-refractivity contribution < 1.29 is 0 Å². The highest BCUT2D eigenvalue weighted by atomic mass is 15.0. The molecule has 2 nitrogen and oxygen atoms in total. The van der Waals surface area contributed by atoms with Crippen LogP contribution in [0.15, 0.2) is 18.3 Å². The summed E-state index contributed by atoms with van der Waals surface area (Å²) in [5.41, 5.74) is 1.36. The van der Waals surface area contributed by atoms with Crippen molar-refractivity contribution in [1.29, 1.82) is 0 Å². The third kappa shape index (κ3) is 5.07.